The Morgan fingerprint density at radius 1 is 1.26 bits per heavy atom. The topological polar surface area (TPSA) is 58.1 Å². The SMILES string of the molecule is CCNC(=NCC1CCCN1CCOC)NCCCOCC.I. The molecule has 1 fully saturated rings. The van der Waals surface area contributed by atoms with Gasteiger partial charge in [0.15, 0.2) is 5.96 Å². The van der Waals surface area contributed by atoms with Crippen molar-refractivity contribution in [3.8, 4) is 0 Å². The Bertz CT molecular complexity index is 306. The van der Waals surface area contributed by atoms with Crippen LogP contribution in [0.3, 0.4) is 0 Å². The van der Waals surface area contributed by atoms with Crippen LogP contribution in [0.1, 0.15) is 33.1 Å². The third kappa shape index (κ3) is 10.4. The predicted molar refractivity (Wildman–Crippen MR) is 107 cm³/mol. The molecule has 138 valence electrons. The lowest BCUT2D eigenvalue weighted by Gasteiger charge is -2.23. The van der Waals surface area contributed by atoms with Gasteiger partial charge in [0, 0.05) is 46.0 Å². The fraction of sp³-hybridized carbons (Fsp3) is 0.938. The first-order chi connectivity index (χ1) is 10.8. The van der Waals surface area contributed by atoms with Crippen molar-refractivity contribution in [3.63, 3.8) is 0 Å². The summed E-state index contributed by atoms with van der Waals surface area (Å²) in [6.45, 7) is 11.3. The summed E-state index contributed by atoms with van der Waals surface area (Å²) in [5.41, 5.74) is 0. The van der Waals surface area contributed by atoms with Crippen LogP contribution in [0.5, 0.6) is 0 Å². The summed E-state index contributed by atoms with van der Waals surface area (Å²) in [7, 11) is 1.76. The number of rotatable bonds is 11. The van der Waals surface area contributed by atoms with Crippen molar-refractivity contribution in [1.82, 2.24) is 15.5 Å². The first-order valence-corrected chi connectivity index (χ1v) is 8.64. The fourth-order valence-electron chi connectivity index (χ4n) is 2.67. The first-order valence-electron chi connectivity index (χ1n) is 8.64. The zero-order chi connectivity index (χ0) is 16.0. The molecule has 0 radical (unpaired) electrons. The second kappa shape index (κ2) is 15.4. The number of likely N-dealkylation sites (tertiary alicyclic amines) is 1. The Morgan fingerprint density at radius 3 is 2.78 bits per heavy atom. The zero-order valence-corrected chi connectivity index (χ0v) is 17.3. The molecule has 0 saturated carbocycles. The van der Waals surface area contributed by atoms with Crippen LogP contribution in [-0.2, 0) is 9.47 Å². The second-order valence-corrected chi connectivity index (χ2v) is 5.52. The van der Waals surface area contributed by atoms with Gasteiger partial charge in [0.1, 0.15) is 0 Å². The lowest BCUT2D eigenvalue weighted by Crippen LogP contribution is -2.40. The van der Waals surface area contributed by atoms with Crippen LogP contribution < -0.4 is 10.6 Å². The molecule has 0 aliphatic carbocycles. The number of hydrogen-bond acceptors (Lipinski definition) is 4. The number of halogens is 1. The normalized spacial score (nSPS) is 18.7. The molecule has 0 aromatic heterocycles. The summed E-state index contributed by atoms with van der Waals surface area (Å²) in [5.74, 6) is 0.914. The minimum atomic E-state index is 0. The van der Waals surface area contributed by atoms with Crippen molar-refractivity contribution in [2.75, 3.05) is 59.7 Å². The van der Waals surface area contributed by atoms with E-state index >= 15 is 0 Å². The zero-order valence-electron chi connectivity index (χ0n) is 15.0. The minimum absolute atomic E-state index is 0. The molecule has 1 aliphatic heterocycles. The number of hydrogen-bond donors (Lipinski definition) is 2. The van der Waals surface area contributed by atoms with E-state index in [9.17, 15) is 0 Å². The summed E-state index contributed by atoms with van der Waals surface area (Å²) < 4.78 is 10.5. The molecular weight excluding hydrogens is 407 g/mol. The summed E-state index contributed by atoms with van der Waals surface area (Å²) in [6.07, 6.45) is 3.50. The van der Waals surface area contributed by atoms with E-state index in [1.807, 2.05) is 6.92 Å². The van der Waals surface area contributed by atoms with Crippen molar-refractivity contribution in [2.45, 2.75) is 39.2 Å². The monoisotopic (exact) mass is 442 g/mol. The second-order valence-electron chi connectivity index (χ2n) is 5.52. The summed E-state index contributed by atoms with van der Waals surface area (Å²) >= 11 is 0. The number of aliphatic imine (C=N–C) groups is 1. The van der Waals surface area contributed by atoms with Gasteiger partial charge in [0.25, 0.3) is 0 Å². The summed E-state index contributed by atoms with van der Waals surface area (Å²) in [6, 6.07) is 0.550. The van der Waals surface area contributed by atoms with Gasteiger partial charge in [-0.05, 0) is 39.7 Å². The van der Waals surface area contributed by atoms with E-state index in [-0.39, 0.29) is 24.0 Å². The predicted octanol–water partition coefficient (Wildman–Crippen LogP) is 1.70. The molecule has 0 aromatic rings. The Balaban J connectivity index is 0.00000484. The summed E-state index contributed by atoms with van der Waals surface area (Å²) in [4.78, 5) is 7.23. The molecule has 7 heteroatoms. The molecule has 1 saturated heterocycles. The Morgan fingerprint density at radius 2 is 2.09 bits per heavy atom. The van der Waals surface area contributed by atoms with Gasteiger partial charge >= 0.3 is 0 Å². The molecule has 1 aliphatic rings. The van der Waals surface area contributed by atoms with Crippen LogP contribution in [0, 0.1) is 0 Å². The van der Waals surface area contributed by atoms with Crippen molar-refractivity contribution in [1.29, 1.82) is 0 Å². The maximum absolute atomic E-state index is 5.35. The van der Waals surface area contributed by atoms with Crippen molar-refractivity contribution in [3.05, 3.63) is 0 Å². The Labute approximate surface area is 158 Å². The molecule has 1 rings (SSSR count). The van der Waals surface area contributed by atoms with E-state index in [1.54, 1.807) is 7.11 Å². The maximum Gasteiger partial charge on any atom is 0.191 e. The largest absolute Gasteiger partial charge is 0.383 e. The average Bonchev–Trinajstić information content (AvgIpc) is 2.97. The molecule has 0 amide bonds. The molecule has 0 bridgehead atoms. The van der Waals surface area contributed by atoms with Crippen LogP contribution in [0.25, 0.3) is 0 Å². The smallest absolute Gasteiger partial charge is 0.191 e. The molecule has 1 unspecified atom stereocenters. The molecular formula is C16H35IN4O2. The maximum atomic E-state index is 5.35. The number of nitrogens with zero attached hydrogens (tertiary/aromatic N) is 2. The van der Waals surface area contributed by atoms with Crippen LogP contribution in [-0.4, -0.2) is 76.6 Å². The number of methoxy groups -OCH3 is 1. The lowest BCUT2D eigenvalue weighted by molar-refractivity contribution is 0.142. The fourth-order valence-corrected chi connectivity index (χ4v) is 2.67. The van der Waals surface area contributed by atoms with Gasteiger partial charge in [-0.2, -0.15) is 0 Å². The van der Waals surface area contributed by atoms with Gasteiger partial charge in [-0.1, -0.05) is 0 Å². The molecule has 0 aromatic carbocycles. The molecule has 23 heavy (non-hydrogen) atoms. The number of nitrogens with one attached hydrogen (secondary N) is 2. The van der Waals surface area contributed by atoms with E-state index in [4.69, 9.17) is 14.5 Å². The van der Waals surface area contributed by atoms with Crippen molar-refractivity contribution >= 4 is 29.9 Å². The van der Waals surface area contributed by atoms with Crippen LogP contribution in [0.4, 0.5) is 0 Å². The van der Waals surface area contributed by atoms with E-state index in [0.29, 0.717) is 6.04 Å². The highest BCUT2D eigenvalue weighted by Gasteiger charge is 2.23. The number of guanidine groups is 1. The molecule has 1 heterocycles. The average molecular weight is 442 g/mol. The van der Waals surface area contributed by atoms with Crippen molar-refractivity contribution in [2.24, 2.45) is 4.99 Å². The van der Waals surface area contributed by atoms with Gasteiger partial charge in [-0.3, -0.25) is 9.89 Å². The highest BCUT2D eigenvalue weighted by atomic mass is 127. The van der Waals surface area contributed by atoms with E-state index < -0.39 is 0 Å². The van der Waals surface area contributed by atoms with Crippen LogP contribution in [0.15, 0.2) is 4.99 Å². The molecule has 6 nitrogen and oxygen atoms in total. The Hall–Kier alpha value is -0.120. The van der Waals surface area contributed by atoms with Gasteiger partial charge in [-0.15, -0.1) is 24.0 Å². The van der Waals surface area contributed by atoms with Gasteiger partial charge in [-0.25, -0.2) is 0 Å². The number of ether oxygens (including phenoxy) is 2. The van der Waals surface area contributed by atoms with E-state index in [2.05, 4.69) is 22.5 Å². The first kappa shape index (κ1) is 22.9. The highest BCUT2D eigenvalue weighted by Crippen LogP contribution is 2.16. The van der Waals surface area contributed by atoms with Crippen molar-refractivity contribution < 1.29 is 9.47 Å². The minimum Gasteiger partial charge on any atom is -0.383 e. The van der Waals surface area contributed by atoms with Crippen LogP contribution >= 0.6 is 24.0 Å². The Kier molecular flexibility index (Phi) is 15.3. The lowest BCUT2D eigenvalue weighted by atomic mass is 10.2. The standard InChI is InChI=1S/C16H34N4O2.HI/c1-4-17-16(18-9-7-12-22-5-2)19-14-15-8-6-10-20(15)11-13-21-3;/h15H,4-14H2,1-3H3,(H2,17,18,19);1H. The summed E-state index contributed by atoms with van der Waals surface area (Å²) in [5, 5.41) is 6.69. The molecule has 0 spiro atoms. The highest BCUT2D eigenvalue weighted by molar-refractivity contribution is 14.0. The van der Waals surface area contributed by atoms with E-state index in [1.165, 1.54) is 19.4 Å². The third-order valence-corrected chi connectivity index (χ3v) is 3.85. The van der Waals surface area contributed by atoms with Gasteiger partial charge in [0.2, 0.25) is 0 Å². The van der Waals surface area contributed by atoms with Gasteiger partial charge in [0.05, 0.1) is 13.2 Å². The quantitative estimate of drug-likeness (QED) is 0.221. The molecule has 1 atom stereocenters. The third-order valence-electron chi connectivity index (χ3n) is 3.85. The molecule has 2 N–H and O–H groups in total. The van der Waals surface area contributed by atoms with Gasteiger partial charge < -0.3 is 20.1 Å². The van der Waals surface area contributed by atoms with Crippen LogP contribution in [0.2, 0.25) is 0 Å². The van der Waals surface area contributed by atoms with E-state index in [0.717, 1.165) is 58.4 Å².